The second-order valence-corrected chi connectivity index (χ2v) is 7.97. The molecule has 1 aromatic heterocycles. The molecular weight excluding hydrogens is 346 g/mol. The number of nitrogens with zero attached hydrogens (tertiary/aromatic N) is 2. The van der Waals surface area contributed by atoms with Gasteiger partial charge in [0.2, 0.25) is 5.13 Å². The van der Waals surface area contributed by atoms with Crippen LogP contribution in [0.5, 0.6) is 0 Å². The van der Waals surface area contributed by atoms with Gasteiger partial charge in [-0.1, -0.05) is 83.2 Å². The van der Waals surface area contributed by atoms with Crippen molar-refractivity contribution in [3.05, 3.63) is 70.7 Å². The Bertz CT molecular complexity index is 761. The van der Waals surface area contributed by atoms with E-state index in [0.29, 0.717) is 0 Å². The fourth-order valence-corrected chi connectivity index (χ4v) is 4.54. The molecular formula is C17H16ClN3S2. The Kier molecular flexibility index (Phi) is 5.54. The maximum Gasteiger partial charge on any atom is 0.206 e. The smallest absolute Gasteiger partial charge is 0.206 e. The van der Waals surface area contributed by atoms with Crippen molar-refractivity contribution >= 4 is 39.8 Å². The van der Waals surface area contributed by atoms with Crippen molar-refractivity contribution in [2.75, 3.05) is 5.32 Å². The molecule has 0 aliphatic heterocycles. The van der Waals surface area contributed by atoms with Crippen LogP contribution in [-0.4, -0.2) is 10.2 Å². The number of thioether (sulfide) groups is 1. The van der Waals surface area contributed by atoms with Gasteiger partial charge in [-0.25, -0.2) is 0 Å². The SMILES string of the molecule is C[C@H](Sc1nnc(NCc2ccccc2)s1)c1ccccc1Cl. The highest BCUT2D eigenvalue weighted by atomic mass is 35.5. The van der Waals surface area contributed by atoms with Gasteiger partial charge in [0.25, 0.3) is 0 Å². The average molecular weight is 362 g/mol. The van der Waals surface area contributed by atoms with E-state index in [-0.39, 0.29) is 5.25 Å². The van der Waals surface area contributed by atoms with Gasteiger partial charge in [0.05, 0.1) is 0 Å². The molecule has 3 rings (SSSR count). The lowest BCUT2D eigenvalue weighted by atomic mass is 10.2. The number of benzene rings is 2. The van der Waals surface area contributed by atoms with E-state index in [9.17, 15) is 0 Å². The summed E-state index contributed by atoms with van der Waals surface area (Å²) in [5, 5.41) is 13.6. The number of hydrogen-bond acceptors (Lipinski definition) is 5. The zero-order valence-corrected chi connectivity index (χ0v) is 15.0. The van der Waals surface area contributed by atoms with Crippen LogP contribution in [0.4, 0.5) is 5.13 Å². The van der Waals surface area contributed by atoms with Gasteiger partial charge in [0.1, 0.15) is 0 Å². The second kappa shape index (κ2) is 7.81. The van der Waals surface area contributed by atoms with Crippen LogP contribution in [0.15, 0.2) is 58.9 Å². The van der Waals surface area contributed by atoms with E-state index in [1.165, 1.54) is 5.56 Å². The van der Waals surface area contributed by atoms with Crippen LogP contribution in [0.25, 0.3) is 0 Å². The van der Waals surface area contributed by atoms with Crippen LogP contribution in [0, 0.1) is 0 Å². The topological polar surface area (TPSA) is 37.8 Å². The van der Waals surface area contributed by atoms with Gasteiger partial charge < -0.3 is 5.32 Å². The number of anilines is 1. The highest BCUT2D eigenvalue weighted by Crippen LogP contribution is 2.39. The minimum Gasteiger partial charge on any atom is -0.356 e. The summed E-state index contributed by atoms with van der Waals surface area (Å²) in [5.74, 6) is 0. The maximum atomic E-state index is 6.25. The van der Waals surface area contributed by atoms with Crippen molar-refractivity contribution in [2.45, 2.75) is 23.1 Å². The quantitative estimate of drug-likeness (QED) is 0.575. The van der Waals surface area contributed by atoms with E-state index in [1.54, 1.807) is 23.1 Å². The molecule has 0 amide bonds. The first-order valence-electron chi connectivity index (χ1n) is 7.25. The standard InChI is InChI=1S/C17H16ClN3S2/c1-12(14-9-5-6-10-15(14)18)22-17-21-20-16(23-17)19-11-13-7-3-2-4-8-13/h2-10,12H,11H2,1H3,(H,19,20)/t12-/m0/s1. The first-order chi connectivity index (χ1) is 11.2. The predicted octanol–water partition coefficient (Wildman–Crippen LogP) is 5.66. The average Bonchev–Trinajstić information content (AvgIpc) is 3.02. The molecule has 118 valence electrons. The van der Waals surface area contributed by atoms with Crippen molar-refractivity contribution in [3.63, 3.8) is 0 Å². The lowest BCUT2D eigenvalue weighted by molar-refractivity contribution is 0.987. The van der Waals surface area contributed by atoms with Crippen LogP contribution < -0.4 is 5.32 Å². The van der Waals surface area contributed by atoms with E-state index in [4.69, 9.17) is 11.6 Å². The molecule has 0 unspecified atom stereocenters. The zero-order chi connectivity index (χ0) is 16.1. The molecule has 0 radical (unpaired) electrons. The van der Waals surface area contributed by atoms with Gasteiger partial charge in [0, 0.05) is 16.8 Å². The van der Waals surface area contributed by atoms with Crippen molar-refractivity contribution in [3.8, 4) is 0 Å². The van der Waals surface area contributed by atoms with Crippen LogP contribution >= 0.6 is 34.7 Å². The van der Waals surface area contributed by atoms with Crippen LogP contribution in [0.3, 0.4) is 0 Å². The van der Waals surface area contributed by atoms with Crippen LogP contribution in [0.2, 0.25) is 5.02 Å². The molecule has 0 aliphatic rings. The van der Waals surface area contributed by atoms with Gasteiger partial charge >= 0.3 is 0 Å². The summed E-state index contributed by atoms with van der Waals surface area (Å²) in [6, 6.07) is 18.2. The fraction of sp³-hybridized carbons (Fsp3) is 0.176. The molecule has 2 aromatic carbocycles. The second-order valence-electron chi connectivity index (χ2n) is 4.99. The normalized spacial score (nSPS) is 12.1. The lowest BCUT2D eigenvalue weighted by Crippen LogP contribution is -1.98. The van der Waals surface area contributed by atoms with Gasteiger partial charge in [-0.15, -0.1) is 10.2 Å². The minimum absolute atomic E-state index is 0.235. The summed E-state index contributed by atoms with van der Waals surface area (Å²) in [6.45, 7) is 2.88. The Hall–Kier alpha value is -1.56. The van der Waals surface area contributed by atoms with Gasteiger partial charge in [-0.05, 0) is 24.1 Å². The van der Waals surface area contributed by atoms with E-state index >= 15 is 0 Å². The molecule has 0 spiro atoms. The molecule has 0 fully saturated rings. The zero-order valence-electron chi connectivity index (χ0n) is 12.6. The highest BCUT2D eigenvalue weighted by molar-refractivity contribution is 8.01. The third-order valence-corrected chi connectivity index (χ3v) is 5.76. The van der Waals surface area contributed by atoms with Crippen LogP contribution in [-0.2, 0) is 6.54 Å². The largest absolute Gasteiger partial charge is 0.356 e. The number of aromatic nitrogens is 2. The van der Waals surface area contributed by atoms with Crippen molar-refractivity contribution in [1.82, 2.24) is 10.2 Å². The molecule has 3 nitrogen and oxygen atoms in total. The van der Waals surface area contributed by atoms with Crippen LogP contribution in [0.1, 0.15) is 23.3 Å². The molecule has 1 atom stereocenters. The minimum atomic E-state index is 0.235. The number of halogens is 1. The van der Waals surface area contributed by atoms with Gasteiger partial charge in [0.15, 0.2) is 4.34 Å². The first kappa shape index (κ1) is 16.3. The number of nitrogens with one attached hydrogen (secondary N) is 1. The monoisotopic (exact) mass is 361 g/mol. The summed E-state index contributed by atoms with van der Waals surface area (Å²) in [6.07, 6.45) is 0. The highest BCUT2D eigenvalue weighted by Gasteiger charge is 2.14. The molecule has 0 saturated heterocycles. The fourth-order valence-electron chi connectivity index (χ4n) is 2.12. The number of rotatable bonds is 6. The molecule has 0 saturated carbocycles. The first-order valence-corrected chi connectivity index (χ1v) is 9.32. The van der Waals surface area contributed by atoms with E-state index in [1.807, 2.05) is 36.4 Å². The Labute approximate surface area is 149 Å². The summed E-state index contributed by atoms with van der Waals surface area (Å²) < 4.78 is 0.938. The summed E-state index contributed by atoms with van der Waals surface area (Å²) >= 11 is 9.49. The third-order valence-electron chi connectivity index (χ3n) is 3.31. The van der Waals surface area contributed by atoms with Crippen molar-refractivity contribution in [2.24, 2.45) is 0 Å². The molecule has 0 bridgehead atoms. The third kappa shape index (κ3) is 4.47. The Morgan fingerprint density at radius 2 is 1.83 bits per heavy atom. The summed E-state index contributed by atoms with van der Waals surface area (Å²) in [4.78, 5) is 0. The molecule has 1 N–H and O–H groups in total. The maximum absolute atomic E-state index is 6.25. The van der Waals surface area contributed by atoms with E-state index in [0.717, 1.165) is 26.6 Å². The predicted molar refractivity (Wildman–Crippen MR) is 99.4 cm³/mol. The van der Waals surface area contributed by atoms with Crippen molar-refractivity contribution in [1.29, 1.82) is 0 Å². The molecule has 6 heteroatoms. The summed E-state index contributed by atoms with van der Waals surface area (Å²) in [7, 11) is 0. The van der Waals surface area contributed by atoms with Crippen molar-refractivity contribution < 1.29 is 0 Å². The lowest BCUT2D eigenvalue weighted by Gasteiger charge is -2.10. The Morgan fingerprint density at radius 3 is 2.61 bits per heavy atom. The summed E-state index contributed by atoms with van der Waals surface area (Å²) in [5.41, 5.74) is 2.34. The van der Waals surface area contributed by atoms with Gasteiger partial charge in [-0.3, -0.25) is 0 Å². The molecule has 23 heavy (non-hydrogen) atoms. The van der Waals surface area contributed by atoms with Gasteiger partial charge in [-0.2, -0.15) is 0 Å². The molecule has 1 heterocycles. The Morgan fingerprint density at radius 1 is 1.09 bits per heavy atom. The molecule has 3 aromatic rings. The van der Waals surface area contributed by atoms with E-state index < -0.39 is 0 Å². The van der Waals surface area contributed by atoms with E-state index in [2.05, 4.69) is 40.6 Å². The number of hydrogen-bond donors (Lipinski definition) is 1. The Balaban J connectivity index is 1.60. The molecule has 0 aliphatic carbocycles.